The van der Waals surface area contributed by atoms with Crippen LogP contribution in [0.2, 0.25) is 0 Å². The lowest BCUT2D eigenvalue weighted by Crippen LogP contribution is -2.33. The van der Waals surface area contributed by atoms with E-state index in [1.165, 1.54) is 43.6 Å². The SMILES string of the molecule is CC(C)N(C(C)C)P(OCCC#N)OCCCCCCSC[C@@H]1[C@@H]2CCC#CCC[C@@H]21. The highest BCUT2D eigenvalue weighted by Gasteiger charge is 2.47. The van der Waals surface area contributed by atoms with Crippen LogP contribution in [0.3, 0.4) is 0 Å². The molecule has 4 nitrogen and oxygen atoms in total. The third kappa shape index (κ3) is 10.0. The van der Waals surface area contributed by atoms with Gasteiger partial charge < -0.3 is 9.05 Å². The minimum absolute atomic E-state index is 0.363. The van der Waals surface area contributed by atoms with Crippen LogP contribution in [0.1, 0.15) is 85.5 Å². The number of fused-ring (bicyclic) bond motifs is 1. The Balaban J connectivity index is 1.52. The Morgan fingerprint density at radius 2 is 1.58 bits per heavy atom. The minimum atomic E-state index is -1.09. The molecule has 0 spiro atoms. The summed E-state index contributed by atoms with van der Waals surface area (Å²) in [5, 5.41) is 8.80. The highest BCUT2D eigenvalue weighted by atomic mass is 32.2. The van der Waals surface area contributed by atoms with Crippen molar-refractivity contribution in [3.8, 4) is 17.9 Å². The van der Waals surface area contributed by atoms with Crippen LogP contribution in [0.15, 0.2) is 0 Å². The molecular weight excluding hydrogens is 423 g/mol. The molecule has 2 aliphatic carbocycles. The molecule has 0 saturated heterocycles. The topological polar surface area (TPSA) is 45.5 Å². The standard InChI is InChI=1S/C25H43N2O2PS/c1-21(2)27(22(3)4)30(29-18-13-16-26)28-17-11-7-8-12-19-31-20-25-23-14-9-5-6-10-15-24(23)25/h21-25H,7-15,17-20H2,1-4H3/t23-,24+,25-,30?. The summed E-state index contributed by atoms with van der Waals surface area (Å²) in [7, 11) is -1.09. The Morgan fingerprint density at radius 1 is 0.968 bits per heavy atom. The van der Waals surface area contributed by atoms with Crippen molar-refractivity contribution < 1.29 is 9.05 Å². The Hall–Kier alpha value is -0.290. The predicted molar refractivity (Wildman–Crippen MR) is 134 cm³/mol. The highest BCUT2D eigenvalue weighted by Crippen LogP contribution is 2.53. The lowest BCUT2D eigenvalue weighted by atomic mass is 10.1. The molecule has 0 aromatic heterocycles. The van der Waals surface area contributed by atoms with E-state index in [0.29, 0.717) is 25.1 Å². The first kappa shape index (κ1) is 27.0. The quantitative estimate of drug-likeness (QED) is 0.139. The summed E-state index contributed by atoms with van der Waals surface area (Å²) in [6.45, 7) is 9.91. The van der Waals surface area contributed by atoms with Gasteiger partial charge in [0.1, 0.15) is 0 Å². The third-order valence-corrected chi connectivity index (χ3v) is 9.50. The predicted octanol–water partition coefficient (Wildman–Crippen LogP) is 7.01. The maximum absolute atomic E-state index is 8.80. The van der Waals surface area contributed by atoms with Crippen molar-refractivity contribution in [3.05, 3.63) is 0 Å². The number of hydrogen-bond acceptors (Lipinski definition) is 5. The third-order valence-electron chi connectivity index (χ3n) is 6.20. The van der Waals surface area contributed by atoms with E-state index in [-0.39, 0.29) is 0 Å². The smallest absolute Gasteiger partial charge is 0.259 e. The van der Waals surface area contributed by atoms with Crippen LogP contribution in [0.5, 0.6) is 0 Å². The molecule has 2 aliphatic rings. The summed E-state index contributed by atoms with van der Waals surface area (Å²) in [6.07, 6.45) is 10.3. The normalized spacial score (nSPS) is 23.6. The van der Waals surface area contributed by atoms with Gasteiger partial charge in [-0.15, -0.1) is 11.8 Å². The molecule has 1 fully saturated rings. The van der Waals surface area contributed by atoms with Crippen LogP contribution >= 0.6 is 20.3 Å². The average molecular weight is 467 g/mol. The van der Waals surface area contributed by atoms with Gasteiger partial charge >= 0.3 is 0 Å². The van der Waals surface area contributed by atoms with Crippen LogP contribution in [-0.4, -0.2) is 41.5 Å². The molecular formula is C25H43N2O2PS. The molecule has 0 heterocycles. The highest BCUT2D eigenvalue weighted by molar-refractivity contribution is 7.99. The average Bonchev–Trinajstić information content (AvgIpc) is 3.34. The first-order chi connectivity index (χ1) is 15.1. The molecule has 2 rings (SSSR count). The summed E-state index contributed by atoms with van der Waals surface area (Å²) in [6, 6.07) is 2.88. The van der Waals surface area contributed by atoms with Crippen molar-refractivity contribution in [2.75, 3.05) is 24.7 Å². The van der Waals surface area contributed by atoms with Gasteiger partial charge in [-0.05, 0) is 82.6 Å². The van der Waals surface area contributed by atoms with Crippen LogP contribution in [0.25, 0.3) is 0 Å². The zero-order chi connectivity index (χ0) is 22.5. The van der Waals surface area contributed by atoms with Crippen LogP contribution in [-0.2, 0) is 9.05 Å². The molecule has 31 heavy (non-hydrogen) atoms. The number of hydrogen-bond donors (Lipinski definition) is 0. The fourth-order valence-electron chi connectivity index (χ4n) is 4.62. The van der Waals surface area contributed by atoms with E-state index >= 15 is 0 Å². The number of unbranched alkanes of at least 4 members (excludes halogenated alkanes) is 3. The summed E-state index contributed by atoms with van der Waals surface area (Å²) in [5.74, 6) is 12.2. The molecule has 1 unspecified atom stereocenters. The number of nitriles is 1. The van der Waals surface area contributed by atoms with Crippen LogP contribution in [0.4, 0.5) is 0 Å². The molecule has 0 aliphatic heterocycles. The fraction of sp³-hybridized carbons (Fsp3) is 0.880. The molecule has 0 amide bonds. The first-order valence-corrected chi connectivity index (χ1v) is 14.6. The number of thioether (sulfide) groups is 1. The molecule has 6 heteroatoms. The maximum atomic E-state index is 8.80. The van der Waals surface area contributed by atoms with Crippen molar-refractivity contribution in [1.29, 1.82) is 5.26 Å². The van der Waals surface area contributed by atoms with Gasteiger partial charge in [-0.1, -0.05) is 12.8 Å². The molecule has 0 aromatic rings. The van der Waals surface area contributed by atoms with Crippen molar-refractivity contribution >= 4 is 20.3 Å². The molecule has 0 aromatic carbocycles. The summed E-state index contributed by atoms with van der Waals surface area (Å²) in [5.41, 5.74) is 0. The van der Waals surface area contributed by atoms with Gasteiger partial charge in [0.25, 0.3) is 8.53 Å². The minimum Gasteiger partial charge on any atom is -0.322 e. The van der Waals surface area contributed by atoms with Crippen molar-refractivity contribution in [1.82, 2.24) is 4.67 Å². The van der Waals surface area contributed by atoms with Crippen molar-refractivity contribution in [3.63, 3.8) is 0 Å². The summed E-state index contributed by atoms with van der Waals surface area (Å²) < 4.78 is 14.4. The monoisotopic (exact) mass is 466 g/mol. The van der Waals surface area contributed by atoms with Gasteiger partial charge in [-0.2, -0.15) is 17.0 Å². The van der Waals surface area contributed by atoms with Crippen LogP contribution < -0.4 is 0 Å². The Morgan fingerprint density at radius 3 is 2.19 bits per heavy atom. The molecule has 0 bridgehead atoms. The van der Waals surface area contributed by atoms with E-state index in [1.54, 1.807) is 0 Å². The molecule has 1 saturated carbocycles. The van der Waals surface area contributed by atoms with Gasteiger partial charge in [-0.3, -0.25) is 0 Å². The zero-order valence-electron chi connectivity index (χ0n) is 20.1. The van der Waals surface area contributed by atoms with Gasteiger partial charge in [0.05, 0.1) is 25.7 Å². The van der Waals surface area contributed by atoms with Gasteiger partial charge in [0.2, 0.25) is 0 Å². The maximum Gasteiger partial charge on any atom is 0.259 e. The second kappa shape index (κ2) is 15.5. The Bertz CT molecular complexity index is 573. The summed E-state index contributed by atoms with van der Waals surface area (Å²) >= 11 is 2.17. The first-order valence-electron chi connectivity index (χ1n) is 12.3. The van der Waals surface area contributed by atoms with Gasteiger partial charge in [-0.25, -0.2) is 4.67 Å². The van der Waals surface area contributed by atoms with E-state index in [2.05, 4.69) is 62.0 Å². The Kier molecular flexibility index (Phi) is 13.5. The Labute approximate surface area is 197 Å². The van der Waals surface area contributed by atoms with Crippen molar-refractivity contribution in [2.24, 2.45) is 17.8 Å². The number of nitrogens with zero attached hydrogens (tertiary/aromatic N) is 2. The van der Waals surface area contributed by atoms with E-state index in [9.17, 15) is 0 Å². The van der Waals surface area contributed by atoms with Crippen molar-refractivity contribution in [2.45, 2.75) is 97.6 Å². The van der Waals surface area contributed by atoms with E-state index in [4.69, 9.17) is 14.3 Å². The van der Waals surface area contributed by atoms with Gasteiger partial charge in [0.15, 0.2) is 0 Å². The molecule has 4 atom stereocenters. The summed E-state index contributed by atoms with van der Waals surface area (Å²) in [4.78, 5) is 0. The second-order valence-electron chi connectivity index (χ2n) is 9.29. The fourth-order valence-corrected chi connectivity index (χ4v) is 7.59. The number of rotatable bonds is 16. The van der Waals surface area contributed by atoms with E-state index < -0.39 is 8.53 Å². The zero-order valence-corrected chi connectivity index (χ0v) is 21.9. The lowest BCUT2D eigenvalue weighted by molar-refractivity contribution is 0.174. The molecule has 0 N–H and O–H groups in total. The van der Waals surface area contributed by atoms with Crippen LogP contribution in [0, 0.1) is 40.9 Å². The lowest BCUT2D eigenvalue weighted by Gasteiger charge is -2.35. The van der Waals surface area contributed by atoms with E-state index in [1.807, 2.05) is 0 Å². The largest absolute Gasteiger partial charge is 0.322 e. The molecule has 176 valence electrons. The van der Waals surface area contributed by atoms with Gasteiger partial charge in [0, 0.05) is 24.9 Å². The second-order valence-corrected chi connectivity index (χ2v) is 11.9. The van der Waals surface area contributed by atoms with E-state index in [0.717, 1.165) is 43.6 Å². The molecule has 0 radical (unpaired) electrons.